The Morgan fingerprint density at radius 2 is 2.06 bits per heavy atom. The smallest absolute Gasteiger partial charge is 0.222 e. The normalized spacial score (nSPS) is 15.3. The number of rotatable bonds is 7. The second-order valence-electron chi connectivity index (χ2n) is 7.60. The van der Waals surface area contributed by atoms with Crippen LogP contribution in [-0.4, -0.2) is 44.7 Å². The molecule has 3 heterocycles. The van der Waals surface area contributed by atoms with E-state index in [2.05, 4.69) is 20.4 Å². The lowest BCUT2D eigenvalue weighted by Gasteiger charge is -2.32. The number of halogens is 2. The van der Waals surface area contributed by atoms with Crippen LogP contribution < -0.4 is 5.32 Å². The van der Waals surface area contributed by atoms with Crippen LogP contribution in [0.25, 0.3) is 10.7 Å². The van der Waals surface area contributed by atoms with Crippen LogP contribution >= 0.6 is 23.6 Å². The van der Waals surface area contributed by atoms with E-state index in [1.165, 1.54) is 6.07 Å². The molecule has 3 aromatic rings. The van der Waals surface area contributed by atoms with Crippen LogP contribution in [0.3, 0.4) is 0 Å². The maximum atomic E-state index is 13.4. The first kappa shape index (κ1) is 21.8. The van der Waals surface area contributed by atoms with Gasteiger partial charge in [0.2, 0.25) is 5.91 Å². The van der Waals surface area contributed by atoms with Crippen LogP contribution in [0.15, 0.2) is 35.7 Å². The van der Waals surface area contributed by atoms with Gasteiger partial charge in [-0.1, -0.05) is 12.1 Å². The van der Waals surface area contributed by atoms with Crippen molar-refractivity contribution < 1.29 is 13.6 Å². The minimum absolute atomic E-state index is 0.0146. The Labute approximate surface area is 187 Å². The molecule has 6 nitrogen and oxygen atoms in total. The van der Waals surface area contributed by atoms with Crippen molar-refractivity contribution in [2.75, 3.05) is 13.1 Å². The van der Waals surface area contributed by atoms with Crippen molar-refractivity contribution in [2.45, 2.75) is 38.4 Å². The third-order valence-corrected chi connectivity index (χ3v) is 6.58. The zero-order valence-corrected chi connectivity index (χ0v) is 18.4. The highest BCUT2D eigenvalue weighted by atomic mass is 32.1. The number of carbonyl (C=O) groups excluding carboxylic acids is 1. The maximum Gasteiger partial charge on any atom is 0.222 e. The molecule has 0 unspecified atom stereocenters. The molecule has 164 valence electrons. The van der Waals surface area contributed by atoms with Crippen molar-refractivity contribution in [1.82, 2.24) is 25.0 Å². The summed E-state index contributed by atoms with van der Waals surface area (Å²) in [6.07, 6.45) is 1.96. The van der Waals surface area contributed by atoms with Crippen LogP contribution in [0.4, 0.5) is 8.78 Å². The Bertz CT molecular complexity index is 1090. The van der Waals surface area contributed by atoms with E-state index in [0.29, 0.717) is 24.3 Å². The first-order valence-electron chi connectivity index (χ1n) is 10.1. The minimum Gasteiger partial charge on any atom is -0.353 e. The standard InChI is InChI=1S/C21H23F2N5OS2/c22-16-4-3-14(12-17(16)23)13-27-8-5-15(6-9-27)24-19(29)7-10-28-20(25-26-21(28)30)18-2-1-11-31-18/h1-4,11-12,15H,5-10,13H2,(H,24,29)(H,26,30). The van der Waals surface area contributed by atoms with E-state index in [-0.39, 0.29) is 11.9 Å². The fourth-order valence-corrected chi connectivity index (χ4v) is 4.71. The monoisotopic (exact) mass is 463 g/mol. The second kappa shape index (κ2) is 9.80. The van der Waals surface area contributed by atoms with Gasteiger partial charge in [-0.3, -0.25) is 19.4 Å². The van der Waals surface area contributed by atoms with Gasteiger partial charge in [0.25, 0.3) is 0 Å². The van der Waals surface area contributed by atoms with Crippen molar-refractivity contribution in [3.05, 3.63) is 57.7 Å². The lowest BCUT2D eigenvalue weighted by molar-refractivity contribution is -0.122. The third-order valence-electron chi connectivity index (χ3n) is 5.41. The number of carbonyl (C=O) groups is 1. The average molecular weight is 464 g/mol. The number of aromatic nitrogens is 3. The summed E-state index contributed by atoms with van der Waals surface area (Å²) in [6, 6.07) is 8.05. The van der Waals surface area contributed by atoms with Crippen molar-refractivity contribution in [3.8, 4) is 10.7 Å². The van der Waals surface area contributed by atoms with Crippen LogP contribution in [0.5, 0.6) is 0 Å². The number of likely N-dealkylation sites (tertiary alicyclic amines) is 1. The van der Waals surface area contributed by atoms with Gasteiger partial charge < -0.3 is 5.32 Å². The zero-order valence-electron chi connectivity index (χ0n) is 16.8. The van der Waals surface area contributed by atoms with Gasteiger partial charge in [0.15, 0.2) is 22.2 Å². The summed E-state index contributed by atoms with van der Waals surface area (Å²) in [5.41, 5.74) is 0.750. The molecule has 1 aliphatic rings. The van der Waals surface area contributed by atoms with Crippen LogP contribution in [0.2, 0.25) is 0 Å². The summed E-state index contributed by atoms with van der Waals surface area (Å²) in [6.45, 7) is 2.62. The van der Waals surface area contributed by atoms with Gasteiger partial charge in [-0.2, -0.15) is 5.10 Å². The van der Waals surface area contributed by atoms with Crippen LogP contribution in [-0.2, 0) is 17.9 Å². The summed E-state index contributed by atoms with van der Waals surface area (Å²) < 4.78 is 28.8. The Kier molecular flexibility index (Phi) is 6.89. The van der Waals surface area contributed by atoms with Crippen molar-refractivity contribution in [2.24, 2.45) is 0 Å². The molecule has 0 bridgehead atoms. The van der Waals surface area contributed by atoms with Gasteiger partial charge in [0.1, 0.15) is 0 Å². The number of H-pyrrole nitrogens is 1. The second-order valence-corrected chi connectivity index (χ2v) is 8.93. The summed E-state index contributed by atoms with van der Waals surface area (Å²) in [5.74, 6) is -0.915. The fraction of sp³-hybridized carbons (Fsp3) is 0.381. The molecule has 4 rings (SSSR count). The number of nitrogens with one attached hydrogen (secondary N) is 2. The molecular formula is C21H23F2N5OS2. The molecule has 0 aliphatic carbocycles. The van der Waals surface area contributed by atoms with Crippen molar-refractivity contribution in [1.29, 1.82) is 0 Å². The number of piperidine rings is 1. The summed E-state index contributed by atoms with van der Waals surface area (Å²) in [4.78, 5) is 15.7. The van der Waals surface area contributed by atoms with E-state index in [1.807, 2.05) is 22.1 Å². The Balaban J connectivity index is 1.24. The number of aromatic amines is 1. The molecule has 1 fully saturated rings. The molecule has 2 N–H and O–H groups in total. The van der Waals surface area contributed by atoms with Crippen molar-refractivity contribution >= 4 is 29.5 Å². The molecule has 1 aliphatic heterocycles. The summed E-state index contributed by atoms with van der Waals surface area (Å²) in [7, 11) is 0. The first-order chi connectivity index (χ1) is 15.0. The topological polar surface area (TPSA) is 66.0 Å². The highest BCUT2D eigenvalue weighted by Crippen LogP contribution is 2.23. The van der Waals surface area contributed by atoms with Gasteiger partial charge in [-0.25, -0.2) is 8.78 Å². The summed E-state index contributed by atoms with van der Waals surface area (Å²) in [5, 5.41) is 12.2. The molecule has 31 heavy (non-hydrogen) atoms. The average Bonchev–Trinajstić information content (AvgIpc) is 3.40. The number of thiophene rings is 1. The van der Waals surface area contributed by atoms with E-state index >= 15 is 0 Å². The number of hydrogen-bond acceptors (Lipinski definition) is 5. The minimum atomic E-state index is -0.829. The van der Waals surface area contributed by atoms with Gasteiger partial charge in [-0.05, 0) is 54.2 Å². The molecule has 1 aromatic carbocycles. The molecule has 1 saturated heterocycles. The first-order valence-corrected chi connectivity index (χ1v) is 11.4. The Hall–Kier alpha value is -2.43. The zero-order chi connectivity index (χ0) is 21.8. The maximum absolute atomic E-state index is 13.4. The SMILES string of the molecule is O=C(CCn1c(-c2cccs2)n[nH]c1=S)NC1CCN(Cc2ccc(F)c(F)c2)CC1. The summed E-state index contributed by atoms with van der Waals surface area (Å²) >= 11 is 6.88. The molecule has 10 heteroatoms. The lowest BCUT2D eigenvalue weighted by Crippen LogP contribution is -2.44. The fourth-order valence-electron chi connectivity index (χ4n) is 3.76. The molecule has 1 amide bonds. The van der Waals surface area contributed by atoms with E-state index < -0.39 is 11.6 Å². The van der Waals surface area contributed by atoms with Gasteiger partial charge in [-0.15, -0.1) is 11.3 Å². The predicted molar refractivity (Wildman–Crippen MR) is 118 cm³/mol. The number of benzene rings is 1. The van der Waals surface area contributed by atoms with Crippen molar-refractivity contribution in [3.63, 3.8) is 0 Å². The highest BCUT2D eigenvalue weighted by Gasteiger charge is 2.21. The molecule has 0 radical (unpaired) electrons. The largest absolute Gasteiger partial charge is 0.353 e. The van der Waals surface area contributed by atoms with E-state index in [4.69, 9.17) is 12.2 Å². The number of hydrogen-bond donors (Lipinski definition) is 2. The molecule has 0 saturated carbocycles. The van der Waals surface area contributed by atoms with Gasteiger partial charge >= 0.3 is 0 Å². The quantitative estimate of drug-likeness (QED) is 0.518. The lowest BCUT2D eigenvalue weighted by atomic mass is 10.0. The van der Waals surface area contributed by atoms with E-state index in [0.717, 1.165) is 48.3 Å². The van der Waals surface area contributed by atoms with Crippen LogP contribution in [0, 0.1) is 16.4 Å². The van der Waals surface area contributed by atoms with Gasteiger partial charge in [0.05, 0.1) is 4.88 Å². The number of nitrogens with zero attached hydrogens (tertiary/aromatic N) is 3. The third kappa shape index (κ3) is 5.44. The number of amides is 1. The van der Waals surface area contributed by atoms with E-state index in [9.17, 15) is 13.6 Å². The molecule has 2 aromatic heterocycles. The van der Waals surface area contributed by atoms with E-state index in [1.54, 1.807) is 17.4 Å². The van der Waals surface area contributed by atoms with Gasteiger partial charge in [0, 0.05) is 38.6 Å². The molecule has 0 spiro atoms. The Morgan fingerprint density at radius 3 is 2.77 bits per heavy atom. The van der Waals surface area contributed by atoms with Crippen LogP contribution in [0.1, 0.15) is 24.8 Å². The highest BCUT2D eigenvalue weighted by molar-refractivity contribution is 7.71. The Morgan fingerprint density at radius 1 is 1.26 bits per heavy atom. The molecular weight excluding hydrogens is 440 g/mol. The predicted octanol–water partition coefficient (Wildman–Crippen LogP) is 4.12. The molecule has 0 atom stereocenters.